The zero-order chi connectivity index (χ0) is 20.7. The van der Waals surface area contributed by atoms with Gasteiger partial charge in [0.15, 0.2) is 5.58 Å². The molecule has 2 N–H and O–H groups in total. The summed E-state index contributed by atoms with van der Waals surface area (Å²) in [5.74, 6) is 0.596. The molecule has 3 heterocycles. The van der Waals surface area contributed by atoms with E-state index in [9.17, 15) is 4.79 Å². The van der Waals surface area contributed by atoms with Crippen molar-refractivity contribution in [2.75, 3.05) is 5.32 Å². The predicted octanol–water partition coefficient (Wildman–Crippen LogP) is 5.56. The van der Waals surface area contributed by atoms with Crippen molar-refractivity contribution >= 4 is 39.3 Å². The molecule has 0 spiro atoms. The molecule has 0 aliphatic heterocycles. The van der Waals surface area contributed by atoms with Gasteiger partial charge in [0.25, 0.3) is 0 Å². The molecule has 7 heteroatoms. The van der Waals surface area contributed by atoms with E-state index in [1.54, 1.807) is 18.5 Å². The number of nitrogens with zero attached hydrogens (tertiary/aromatic N) is 2. The average molecular weight is 417 g/mol. The number of aromatic amines is 1. The number of pyridine rings is 1. The lowest BCUT2D eigenvalue weighted by molar-refractivity contribution is 0.603. The summed E-state index contributed by atoms with van der Waals surface area (Å²) in [7, 11) is 0. The Bertz CT molecular complexity index is 1420. The van der Waals surface area contributed by atoms with Gasteiger partial charge in [-0.15, -0.1) is 0 Å². The van der Waals surface area contributed by atoms with Crippen molar-refractivity contribution in [3.05, 3.63) is 88.0 Å². The van der Waals surface area contributed by atoms with Gasteiger partial charge in [0.1, 0.15) is 12.1 Å². The van der Waals surface area contributed by atoms with Gasteiger partial charge in [0, 0.05) is 16.5 Å². The number of H-pyrrole nitrogens is 1. The standard InChI is InChI=1S/C23H17ClN4O2/c1-13(14-4-6-17(24)7-5-14)27-22-9-18-21(11-25-22)30-12-19(23(18)29)15-2-3-16-10-26-28-20(16)8-15/h2-13H,1H3,(H,25,27)(H,26,28)/t13-/m0/s1. The van der Waals surface area contributed by atoms with Gasteiger partial charge < -0.3 is 9.73 Å². The minimum atomic E-state index is -0.111. The van der Waals surface area contributed by atoms with E-state index in [-0.39, 0.29) is 11.5 Å². The van der Waals surface area contributed by atoms with Gasteiger partial charge in [-0.3, -0.25) is 9.89 Å². The van der Waals surface area contributed by atoms with E-state index in [0.29, 0.717) is 27.4 Å². The third-order valence-corrected chi connectivity index (χ3v) is 5.40. The lowest BCUT2D eigenvalue weighted by Crippen LogP contribution is -2.10. The summed E-state index contributed by atoms with van der Waals surface area (Å²) in [6, 6.07) is 15.0. The highest BCUT2D eigenvalue weighted by Gasteiger charge is 2.13. The lowest BCUT2D eigenvalue weighted by atomic mass is 10.0. The number of fused-ring (bicyclic) bond motifs is 2. The smallest absolute Gasteiger partial charge is 0.200 e. The van der Waals surface area contributed by atoms with Crippen molar-refractivity contribution in [1.29, 1.82) is 0 Å². The molecule has 148 valence electrons. The molecule has 6 nitrogen and oxygen atoms in total. The second-order valence-electron chi connectivity index (χ2n) is 7.13. The largest absolute Gasteiger partial charge is 0.462 e. The maximum atomic E-state index is 13.2. The molecule has 0 saturated heterocycles. The molecule has 3 aromatic heterocycles. The summed E-state index contributed by atoms with van der Waals surface area (Å²) in [4.78, 5) is 17.6. The molecule has 0 radical (unpaired) electrons. The third kappa shape index (κ3) is 3.31. The van der Waals surface area contributed by atoms with Crippen LogP contribution in [0.2, 0.25) is 5.02 Å². The zero-order valence-electron chi connectivity index (χ0n) is 16.0. The van der Waals surface area contributed by atoms with Crippen LogP contribution in [0.5, 0.6) is 0 Å². The van der Waals surface area contributed by atoms with Gasteiger partial charge in [0.2, 0.25) is 5.43 Å². The van der Waals surface area contributed by atoms with E-state index in [1.165, 1.54) is 6.26 Å². The lowest BCUT2D eigenvalue weighted by Gasteiger charge is -2.15. The Morgan fingerprint density at radius 2 is 1.93 bits per heavy atom. The van der Waals surface area contributed by atoms with E-state index in [1.807, 2.05) is 49.4 Å². The van der Waals surface area contributed by atoms with Gasteiger partial charge in [-0.05, 0) is 42.3 Å². The Hall–Kier alpha value is -3.64. The molecule has 2 aromatic carbocycles. The SMILES string of the molecule is C[C@H](Nc1cc2c(=O)c(-c3ccc4cn[nH]c4c3)coc2cn1)c1ccc(Cl)cc1. The molecule has 0 aliphatic carbocycles. The van der Waals surface area contributed by atoms with Crippen LogP contribution in [0.4, 0.5) is 5.82 Å². The maximum Gasteiger partial charge on any atom is 0.200 e. The van der Waals surface area contributed by atoms with E-state index in [0.717, 1.165) is 22.0 Å². The summed E-state index contributed by atoms with van der Waals surface area (Å²) in [5.41, 5.74) is 3.51. The second-order valence-corrected chi connectivity index (χ2v) is 7.57. The van der Waals surface area contributed by atoms with Crippen LogP contribution in [0.15, 0.2) is 76.4 Å². The van der Waals surface area contributed by atoms with Crippen LogP contribution in [0.3, 0.4) is 0 Å². The fourth-order valence-corrected chi connectivity index (χ4v) is 3.60. The Kier molecular flexibility index (Phi) is 4.48. The minimum absolute atomic E-state index is 0.00905. The van der Waals surface area contributed by atoms with Crippen LogP contribution in [-0.4, -0.2) is 15.2 Å². The number of nitrogens with one attached hydrogen (secondary N) is 2. The molecule has 0 aliphatic rings. The Morgan fingerprint density at radius 3 is 2.77 bits per heavy atom. The normalized spacial score (nSPS) is 12.3. The fraction of sp³-hybridized carbons (Fsp3) is 0.0870. The molecule has 0 bridgehead atoms. The highest BCUT2D eigenvalue weighted by Crippen LogP contribution is 2.25. The van der Waals surface area contributed by atoms with Gasteiger partial charge in [-0.25, -0.2) is 4.98 Å². The van der Waals surface area contributed by atoms with Crippen LogP contribution in [0, 0.1) is 0 Å². The highest BCUT2D eigenvalue weighted by molar-refractivity contribution is 6.30. The average Bonchev–Trinajstić information content (AvgIpc) is 3.23. The van der Waals surface area contributed by atoms with Gasteiger partial charge in [-0.1, -0.05) is 35.9 Å². The van der Waals surface area contributed by atoms with Crippen molar-refractivity contribution in [2.45, 2.75) is 13.0 Å². The van der Waals surface area contributed by atoms with Crippen molar-refractivity contribution in [2.24, 2.45) is 0 Å². The first-order valence-electron chi connectivity index (χ1n) is 9.45. The number of rotatable bonds is 4. The van der Waals surface area contributed by atoms with Gasteiger partial charge in [-0.2, -0.15) is 5.10 Å². The summed E-state index contributed by atoms with van der Waals surface area (Å²) >= 11 is 5.97. The van der Waals surface area contributed by atoms with Crippen LogP contribution in [0.1, 0.15) is 18.5 Å². The molecular formula is C23H17ClN4O2. The molecule has 30 heavy (non-hydrogen) atoms. The number of aromatic nitrogens is 3. The summed E-state index contributed by atoms with van der Waals surface area (Å²) < 4.78 is 5.70. The highest BCUT2D eigenvalue weighted by atomic mass is 35.5. The summed E-state index contributed by atoms with van der Waals surface area (Å²) in [6.45, 7) is 2.02. The number of hydrogen-bond acceptors (Lipinski definition) is 5. The van der Waals surface area contributed by atoms with Crippen LogP contribution in [-0.2, 0) is 0 Å². The van der Waals surface area contributed by atoms with Crippen LogP contribution in [0.25, 0.3) is 33.0 Å². The van der Waals surface area contributed by atoms with Crippen molar-refractivity contribution in [3.8, 4) is 11.1 Å². The van der Waals surface area contributed by atoms with Gasteiger partial charge in [0.05, 0.1) is 28.9 Å². The van der Waals surface area contributed by atoms with Crippen molar-refractivity contribution in [3.63, 3.8) is 0 Å². The zero-order valence-corrected chi connectivity index (χ0v) is 16.8. The Labute approximate surface area is 176 Å². The quantitative estimate of drug-likeness (QED) is 0.401. The first-order valence-corrected chi connectivity index (χ1v) is 9.83. The number of benzene rings is 2. The molecule has 0 unspecified atom stereocenters. The first-order chi connectivity index (χ1) is 14.6. The molecule has 0 amide bonds. The fourth-order valence-electron chi connectivity index (χ4n) is 3.47. The Balaban J connectivity index is 1.52. The number of halogens is 1. The third-order valence-electron chi connectivity index (χ3n) is 5.15. The Morgan fingerprint density at radius 1 is 1.10 bits per heavy atom. The monoisotopic (exact) mass is 416 g/mol. The van der Waals surface area contributed by atoms with E-state index in [2.05, 4.69) is 20.5 Å². The molecule has 5 aromatic rings. The minimum Gasteiger partial charge on any atom is -0.462 e. The number of hydrogen-bond donors (Lipinski definition) is 2. The van der Waals surface area contributed by atoms with Crippen molar-refractivity contribution < 1.29 is 4.42 Å². The molecule has 5 rings (SSSR count). The van der Waals surface area contributed by atoms with Gasteiger partial charge >= 0.3 is 0 Å². The maximum absolute atomic E-state index is 13.2. The van der Waals surface area contributed by atoms with Crippen LogP contribution >= 0.6 is 11.6 Å². The van der Waals surface area contributed by atoms with Crippen molar-refractivity contribution in [1.82, 2.24) is 15.2 Å². The predicted molar refractivity (Wildman–Crippen MR) is 119 cm³/mol. The van der Waals surface area contributed by atoms with Crippen LogP contribution < -0.4 is 10.7 Å². The first kappa shape index (κ1) is 18.4. The van der Waals surface area contributed by atoms with E-state index < -0.39 is 0 Å². The van der Waals surface area contributed by atoms with E-state index >= 15 is 0 Å². The molecule has 1 atom stereocenters. The second kappa shape index (κ2) is 7.31. The molecule has 0 saturated carbocycles. The molecule has 0 fully saturated rings. The topological polar surface area (TPSA) is 83.8 Å². The summed E-state index contributed by atoms with van der Waals surface area (Å²) in [6.07, 6.45) is 4.79. The molecular weight excluding hydrogens is 400 g/mol. The number of anilines is 1. The van der Waals surface area contributed by atoms with E-state index in [4.69, 9.17) is 16.0 Å². The summed E-state index contributed by atoms with van der Waals surface area (Å²) in [5, 5.41) is 12.4.